The minimum Gasteiger partial charge on any atom is -0.306 e. The Bertz CT molecular complexity index is 552. The van der Waals surface area contributed by atoms with E-state index < -0.39 is 11.6 Å². The van der Waals surface area contributed by atoms with Crippen molar-refractivity contribution in [1.82, 2.24) is 5.32 Å². The van der Waals surface area contributed by atoms with E-state index in [-0.39, 0.29) is 6.04 Å². The summed E-state index contributed by atoms with van der Waals surface area (Å²) in [7, 11) is 0. The second-order valence-electron chi connectivity index (χ2n) is 4.98. The molecule has 1 unspecified atom stereocenters. The minimum absolute atomic E-state index is 0.155. The molecule has 0 aliphatic rings. The maximum absolute atomic E-state index is 13.4. The van der Waals surface area contributed by atoms with E-state index in [1.165, 1.54) is 22.6 Å². The summed E-state index contributed by atoms with van der Waals surface area (Å²) in [4.78, 5) is 2.33. The van der Waals surface area contributed by atoms with Crippen molar-refractivity contribution in [2.45, 2.75) is 33.2 Å². The number of thiophene rings is 1. The highest BCUT2D eigenvalue weighted by Crippen LogP contribution is 2.31. The summed E-state index contributed by atoms with van der Waals surface area (Å²) in [5.41, 5.74) is 1.85. The van der Waals surface area contributed by atoms with Crippen LogP contribution in [0.4, 0.5) is 8.78 Å². The van der Waals surface area contributed by atoms with Crippen molar-refractivity contribution in [3.63, 3.8) is 0 Å². The van der Waals surface area contributed by atoms with E-state index in [0.29, 0.717) is 5.56 Å². The summed E-state index contributed by atoms with van der Waals surface area (Å²) in [6.45, 7) is 6.99. The van der Waals surface area contributed by atoms with Gasteiger partial charge in [0.25, 0.3) is 0 Å². The van der Waals surface area contributed by atoms with Gasteiger partial charge in [-0.2, -0.15) is 0 Å². The molecular weight excluding hydrogens is 276 g/mol. The lowest BCUT2D eigenvalue weighted by atomic mass is 10.0. The zero-order valence-corrected chi connectivity index (χ0v) is 12.8. The fraction of sp³-hybridized carbons (Fsp3) is 0.375. The van der Waals surface area contributed by atoms with Crippen molar-refractivity contribution in [2.75, 3.05) is 6.54 Å². The van der Waals surface area contributed by atoms with Crippen LogP contribution in [0.3, 0.4) is 0 Å². The minimum atomic E-state index is -0.534. The van der Waals surface area contributed by atoms with E-state index in [1.54, 1.807) is 11.3 Å². The molecule has 2 aromatic rings. The van der Waals surface area contributed by atoms with Crippen molar-refractivity contribution in [3.8, 4) is 0 Å². The zero-order valence-electron chi connectivity index (χ0n) is 12.0. The van der Waals surface area contributed by atoms with Crippen LogP contribution in [-0.4, -0.2) is 6.54 Å². The predicted octanol–water partition coefficient (Wildman–Crippen LogP) is 4.73. The number of aryl methyl sites for hydroxylation is 2. The van der Waals surface area contributed by atoms with E-state index in [9.17, 15) is 8.78 Å². The number of halogens is 2. The summed E-state index contributed by atoms with van der Waals surface area (Å²) in [6, 6.07) is 5.65. The van der Waals surface area contributed by atoms with Crippen LogP contribution < -0.4 is 5.32 Å². The Morgan fingerprint density at radius 3 is 2.25 bits per heavy atom. The molecule has 0 saturated heterocycles. The van der Waals surface area contributed by atoms with Gasteiger partial charge in [0, 0.05) is 15.8 Å². The highest BCUT2D eigenvalue weighted by atomic mass is 32.1. The van der Waals surface area contributed by atoms with Crippen LogP contribution >= 0.6 is 11.3 Å². The van der Waals surface area contributed by atoms with Gasteiger partial charge in [0.1, 0.15) is 11.6 Å². The van der Waals surface area contributed by atoms with Crippen LogP contribution in [0.15, 0.2) is 24.3 Å². The first kappa shape index (κ1) is 15.1. The third-order valence-corrected chi connectivity index (χ3v) is 4.50. The molecule has 1 atom stereocenters. The normalized spacial score (nSPS) is 12.7. The van der Waals surface area contributed by atoms with Crippen LogP contribution in [0.25, 0.3) is 0 Å². The highest BCUT2D eigenvalue weighted by Gasteiger charge is 2.18. The standard InChI is InChI=1S/C16H19F2NS/c1-4-5-19-16(15-6-10(2)11(3)20-15)12-7-13(17)9-14(18)8-12/h6-9,16,19H,4-5H2,1-3H3. The molecule has 0 radical (unpaired) electrons. The molecule has 1 aromatic carbocycles. The summed E-state index contributed by atoms with van der Waals surface area (Å²) >= 11 is 1.67. The molecule has 1 nitrogen and oxygen atoms in total. The summed E-state index contributed by atoms with van der Waals surface area (Å²) < 4.78 is 26.9. The largest absolute Gasteiger partial charge is 0.306 e. The van der Waals surface area contributed by atoms with Crippen LogP contribution in [0.1, 0.15) is 40.3 Å². The molecule has 20 heavy (non-hydrogen) atoms. The van der Waals surface area contributed by atoms with Gasteiger partial charge in [-0.05, 0) is 56.1 Å². The summed E-state index contributed by atoms with van der Waals surface area (Å²) in [5, 5.41) is 3.37. The van der Waals surface area contributed by atoms with E-state index in [0.717, 1.165) is 23.9 Å². The van der Waals surface area contributed by atoms with Crippen molar-refractivity contribution in [3.05, 3.63) is 56.8 Å². The molecule has 0 bridgehead atoms. The molecule has 2 rings (SSSR count). The fourth-order valence-electron chi connectivity index (χ4n) is 2.16. The molecular formula is C16H19F2NS. The van der Waals surface area contributed by atoms with Crippen molar-refractivity contribution in [1.29, 1.82) is 0 Å². The Hall–Kier alpha value is -1.26. The topological polar surface area (TPSA) is 12.0 Å². The number of benzene rings is 1. The van der Waals surface area contributed by atoms with E-state index >= 15 is 0 Å². The number of hydrogen-bond donors (Lipinski definition) is 1. The first-order valence-corrected chi connectivity index (χ1v) is 7.59. The molecule has 0 aliphatic heterocycles. The lowest BCUT2D eigenvalue weighted by molar-refractivity contribution is 0.561. The molecule has 1 N–H and O–H groups in total. The summed E-state index contributed by atoms with van der Waals surface area (Å²) in [6.07, 6.45) is 0.970. The van der Waals surface area contributed by atoms with Gasteiger partial charge in [0.15, 0.2) is 0 Å². The summed E-state index contributed by atoms with van der Waals surface area (Å²) in [5.74, 6) is -1.07. The van der Waals surface area contributed by atoms with Crippen LogP contribution in [-0.2, 0) is 0 Å². The maximum Gasteiger partial charge on any atom is 0.126 e. The lowest BCUT2D eigenvalue weighted by Gasteiger charge is -2.18. The van der Waals surface area contributed by atoms with Crippen LogP contribution in [0.5, 0.6) is 0 Å². The zero-order chi connectivity index (χ0) is 14.7. The Balaban J connectivity index is 2.40. The van der Waals surface area contributed by atoms with Crippen molar-refractivity contribution in [2.24, 2.45) is 0 Å². The van der Waals surface area contributed by atoms with Gasteiger partial charge >= 0.3 is 0 Å². The molecule has 0 aliphatic carbocycles. The Kier molecular flexibility index (Phi) is 4.89. The molecule has 4 heteroatoms. The van der Waals surface area contributed by atoms with Crippen molar-refractivity contribution < 1.29 is 8.78 Å². The number of nitrogens with one attached hydrogen (secondary N) is 1. The predicted molar refractivity (Wildman–Crippen MR) is 80.3 cm³/mol. The van der Waals surface area contributed by atoms with Gasteiger partial charge in [-0.25, -0.2) is 8.78 Å². The molecule has 1 aromatic heterocycles. The average Bonchev–Trinajstić information content (AvgIpc) is 2.69. The third-order valence-electron chi connectivity index (χ3n) is 3.29. The molecule has 108 valence electrons. The van der Waals surface area contributed by atoms with Gasteiger partial charge in [-0.15, -0.1) is 11.3 Å². The van der Waals surface area contributed by atoms with E-state index in [4.69, 9.17) is 0 Å². The first-order chi connectivity index (χ1) is 9.51. The second kappa shape index (κ2) is 6.46. The van der Waals surface area contributed by atoms with E-state index in [1.807, 2.05) is 0 Å². The SMILES string of the molecule is CCCNC(c1cc(F)cc(F)c1)c1cc(C)c(C)s1. The average molecular weight is 295 g/mol. The Morgan fingerprint density at radius 1 is 1.10 bits per heavy atom. The van der Waals surface area contributed by atoms with Gasteiger partial charge in [-0.1, -0.05) is 6.92 Å². The number of hydrogen-bond acceptors (Lipinski definition) is 2. The van der Waals surface area contributed by atoms with Crippen molar-refractivity contribution >= 4 is 11.3 Å². The number of rotatable bonds is 5. The van der Waals surface area contributed by atoms with Crippen LogP contribution in [0.2, 0.25) is 0 Å². The highest BCUT2D eigenvalue weighted by molar-refractivity contribution is 7.12. The molecule has 0 amide bonds. The maximum atomic E-state index is 13.4. The lowest BCUT2D eigenvalue weighted by Crippen LogP contribution is -2.22. The molecule has 1 heterocycles. The third kappa shape index (κ3) is 3.44. The molecule has 0 spiro atoms. The van der Waals surface area contributed by atoms with Gasteiger partial charge in [0.2, 0.25) is 0 Å². The quantitative estimate of drug-likeness (QED) is 0.840. The van der Waals surface area contributed by atoms with E-state index in [2.05, 4.69) is 32.2 Å². The second-order valence-corrected chi connectivity index (χ2v) is 6.27. The van der Waals surface area contributed by atoms with Gasteiger partial charge in [0.05, 0.1) is 6.04 Å². The van der Waals surface area contributed by atoms with Crippen LogP contribution in [0, 0.1) is 25.5 Å². The fourth-order valence-corrected chi connectivity index (χ4v) is 3.30. The smallest absolute Gasteiger partial charge is 0.126 e. The van der Waals surface area contributed by atoms with Gasteiger partial charge in [-0.3, -0.25) is 0 Å². The monoisotopic (exact) mass is 295 g/mol. The Morgan fingerprint density at radius 2 is 1.75 bits per heavy atom. The Labute approximate surface area is 122 Å². The molecule has 0 saturated carbocycles. The first-order valence-electron chi connectivity index (χ1n) is 6.77. The van der Waals surface area contributed by atoms with Gasteiger partial charge < -0.3 is 5.32 Å². The molecule has 0 fully saturated rings.